The summed E-state index contributed by atoms with van der Waals surface area (Å²) in [6.07, 6.45) is 3.19. The molecule has 8 atom stereocenters. The number of hydrogen-bond acceptors (Lipinski definition) is 9. The predicted octanol–water partition coefficient (Wildman–Crippen LogP) is 1.37. The van der Waals surface area contributed by atoms with E-state index in [0.29, 0.717) is 19.3 Å². The van der Waals surface area contributed by atoms with Crippen LogP contribution in [0.2, 0.25) is 0 Å². The molecule has 0 unspecified atom stereocenters. The summed E-state index contributed by atoms with van der Waals surface area (Å²) in [5.74, 6) is -3.58. The molecule has 11 heteroatoms. The molecule has 0 aromatic rings. The Hall–Kier alpha value is -2.92. The molecule has 5 aliphatic rings. The van der Waals surface area contributed by atoms with Crippen molar-refractivity contribution in [2.75, 3.05) is 13.2 Å². The number of ether oxygens (including phenoxy) is 1. The summed E-state index contributed by atoms with van der Waals surface area (Å²) in [4.78, 5) is 76.4. The highest BCUT2D eigenvalue weighted by Crippen LogP contribution is 2.66. The molecule has 41 heavy (non-hydrogen) atoms. The number of aliphatic hydroxyl groups excluding tert-OH is 1. The highest BCUT2D eigenvalue weighted by molar-refractivity contribution is 5.95. The number of amides is 1. The molecule has 1 amide bonds. The smallest absolute Gasteiger partial charge is 0.326 e. The van der Waals surface area contributed by atoms with Crippen molar-refractivity contribution in [3.8, 4) is 0 Å². The van der Waals surface area contributed by atoms with E-state index >= 15 is 0 Å². The summed E-state index contributed by atoms with van der Waals surface area (Å²) in [7, 11) is 0. The second-order valence-electron chi connectivity index (χ2n) is 13.2. The van der Waals surface area contributed by atoms with E-state index in [-0.39, 0.29) is 73.4 Å². The lowest BCUT2D eigenvalue weighted by Crippen LogP contribution is -2.61. The summed E-state index contributed by atoms with van der Waals surface area (Å²) < 4.78 is 5.14. The van der Waals surface area contributed by atoms with Gasteiger partial charge in [0.1, 0.15) is 17.4 Å². The molecular formula is C30H39NO10. The van der Waals surface area contributed by atoms with Crippen LogP contribution in [0.4, 0.5) is 0 Å². The van der Waals surface area contributed by atoms with E-state index in [2.05, 4.69) is 6.92 Å². The summed E-state index contributed by atoms with van der Waals surface area (Å²) >= 11 is 0. The Morgan fingerprint density at radius 3 is 2.51 bits per heavy atom. The van der Waals surface area contributed by atoms with Gasteiger partial charge in [-0.3, -0.25) is 24.0 Å². The number of nitrogens with zero attached hydrogens (tertiary/aromatic N) is 1. The largest absolute Gasteiger partial charge is 0.480 e. The van der Waals surface area contributed by atoms with Gasteiger partial charge in [-0.1, -0.05) is 19.4 Å². The SMILES string of the molecule is C[C@]12CCC(=O)C=C1CC[C@H]1[C@H]2C(=O)C[C@@]2(C)[C@H]1CC[C@]2(O)C(=O)COC(=O)CCC(=O)N1C[C@H](O)C[C@H]1C(=O)O. The lowest BCUT2D eigenvalue weighted by molar-refractivity contribution is -0.174. The maximum atomic E-state index is 13.7. The standard InChI is InChI=1S/C30H39NO10/c1-28-9-7-17(32)11-16(28)3-4-19-20-8-10-30(40,29(20,2)13-22(34)26(19)28)23(35)15-41-25(37)6-5-24(36)31-14-18(33)12-21(31)27(38)39/h11,18-21,26,33,40H,3-10,12-15H2,1-2H3,(H,38,39)/t18-,19-,20+,21+,26+,28+,29+,30+/m1/s1. The number of hydrogen-bond donors (Lipinski definition) is 3. The number of aliphatic carboxylic acids is 1. The second kappa shape index (κ2) is 10.4. The molecule has 5 rings (SSSR count). The van der Waals surface area contributed by atoms with Crippen LogP contribution in [0.15, 0.2) is 11.6 Å². The van der Waals surface area contributed by atoms with Gasteiger partial charge in [0.25, 0.3) is 0 Å². The third-order valence-electron chi connectivity index (χ3n) is 11.1. The molecule has 3 N–H and O–H groups in total. The minimum atomic E-state index is -1.84. The quantitative estimate of drug-likeness (QED) is 0.377. The number of carbonyl (C=O) groups is 6. The van der Waals surface area contributed by atoms with Crippen LogP contribution in [0.1, 0.15) is 78.1 Å². The Kier molecular flexibility index (Phi) is 7.51. The van der Waals surface area contributed by atoms with Gasteiger partial charge >= 0.3 is 11.9 Å². The van der Waals surface area contributed by atoms with E-state index < -0.39 is 53.4 Å². The fraction of sp³-hybridized carbons (Fsp3) is 0.733. The van der Waals surface area contributed by atoms with Crippen molar-refractivity contribution in [3.05, 3.63) is 11.6 Å². The molecule has 0 aromatic carbocycles. The number of esters is 1. The summed E-state index contributed by atoms with van der Waals surface area (Å²) in [5.41, 5.74) is -2.19. The maximum absolute atomic E-state index is 13.7. The van der Waals surface area contributed by atoms with Crippen molar-refractivity contribution in [3.63, 3.8) is 0 Å². The van der Waals surface area contributed by atoms with Gasteiger partial charge in [-0.15, -0.1) is 0 Å². The first-order valence-electron chi connectivity index (χ1n) is 14.6. The van der Waals surface area contributed by atoms with Crippen LogP contribution in [0.5, 0.6) is 0 Å². The fourth-order valence-electron chi connectivity index (χ4n) is 8.86. The Balaban J connectivity index is 1.21. The minimum Gasteiger partial charge on any atom is -0.480 e. The third-order valence-corrected chi connectivity index (χ3v) is 11.1. The topological polar surface area (TPSA) is 176 Å². The number of likely N-dealkylation sites (tertiary alicyclic amines) is 1. The molecule has 0 bridgehead atoms. The van der Waals surface area contributed by atoms with E-state index in [1.165, 1.54) is 0 Å². The van der Waals surface area contributed by atoms with Gasteiger partial charge in [0, 0.05) is 43.6 Å². The lowest BCUT2D eigenvalue weighted by atomic mass is 9.46. The zero-order valence-electron chi connectivity index (χ0n) is 23.6. The molecule has 11 nitrogen and oxygen atoms in total. The number of aliphatic hydroxyl groups is 2. The molecular weight excluding hydrogens is 534 g/mol. The van der Waals surface area contributed by atoms with Crippen LogP contribution in [-0.2, 0) is 33.5 Å². The van der Waals surface area contributed by atoms with E-state index in [0.717, 1.165) is 23.3 Å². The number of carboxylic acid groups (broad SMARTS) is 1. The maximum Gasteiger partial charge on any atom is 0.326 e. The summed E-state index contributed by atoms with van der Waals surface area (Å²) in [6.45, 7) is 3.04. The first-order valence-corrected chi connectivity index (χ1v) is 14.6. The zero-order chi connectivity index (χ0) is 29.9. The number of carbonyl (C=O) groups excluding carboxylic acids is 5. The van der Waals surface area contributed by atoms with Crippen molar-refractivity contribution < 1.29 is 48.8 Å². The number of ketones is 3. The predicted molar refractivity (Wildman–Crippen MR) is 141 cm³/mol. The summed E-state index contributed by atoms with van der Waals surface area (Å²) in [6, 6.07) is -1.16. The minimum absolute atomic E-state index is 0.00604. The van der Waals surface area contributed by atoms with Gasteiger partial charge in [-0.25, -0.2) is 4.79 Å². The van der Waals surface area contributed by atoms with Crippen LogP contribution in [0.3, 0.4) is 0 Å². The molecule has 0 radical (unpaired) electrons. The molecule has 4 fully saturated rings. The molecule has 1 saturated heterocycles. The molecule has 0 aromatic heterocycles. The van der Waals surface area contributed by atoms with Crippen LogP contribution < -0.4 is 0 Å². The third kappa shape index (κ3) is 4.74. The van der Waals surface area contributed by atoms with Gasteiger partial charge in [0.15, 0.2) is 12.4 Å². The van der Waals surface area contributed by atoms with Gasteiger partial charge in [0.05, 0.1) is 12.5 Å². The molecule has 1 heterocycles. The van der Waals surface area contributed by atoms with Crippen molar-refractivity contribution in [2.45, 2.75) is 95.8 Å². The number of β-amino-alcohol motifs (C(OH)–C–C–N with tert-alkyl or cyclic N) is 1. The van der Waals surface area contributed by atoms with Crippen molar-refractivity contribution in [1.29, 1.82) is 0 Å². The Morgan fingerprint density at radius 1 is 1.07 bits per heavy atom. The van der Waals surface area contributed by atoms with Gasteiger partial charge in [-0.2, -0.15) is 0 Å². The molecule has 0 spiro atoms. The van der Waals surface area contributed by atoms with Gasteiger partial charge in [0.2, 0.25) is 11.7 Å². The molecule has 1 aliphatic heterocycles. The van der Waals surface area contributed by atoms with E-state index in [1.54, 1.807) is 13.0 Å². The van der Waals surface area contributed by atoms with Crippen LogP contribution in [-0.4, -0.2) is 86.3 Å². The lowest BCUT2D eigenvalue weighted by Gasteiger charge is -2.57. The number of Topliss-reactive ketones (excluding diaryl/α,β-unsaturated/α-hetero) is 2. The van der Waals surface area contributed by atoms with E-state index in [9.17, 15) is 44.1 Å². The van der Waals surface area contributed by atoms with Crippen LogP contribution >= 0.6 is 0 Å². The number of allylic oxidation sites excluding steroid dienone is 1. The normalized spacial score (nSPS) is 39.9. The van der Waals surface area contributed by atoms with E-state index in [4.69, 9.17) is 4.74 Å². The van der Waals surface area contributed by atoms with Crippen molar-refractivity contribution in [1.82, 2.24) is 4.90 Å². The average molecular weight is 574 g/mol. The highest BCUT2D eigenvalue weighted by Gasteiger charge is 2.68. The fourth-order valence-corrected chi connectivity index (χ4v) is 8.86. The van der Waals surface area contributed by atoms with Crippen LogP contribution in [0.25, 0.3) is 0 Å². The number of fused-ring (bicyclic) bond motifs is 5. The first kappa shape index (κ1) is 29.6. The molecule has 3 saturated carbocycles. The second-order valence-corrected chi connectivity index (χ2v) is 13.2. The average Bonchev–Trinajstić information content (AvgIpc) is 3.43. The van der Waals surface area contributed by atoms with Crippen molar-refractivity contribution >= 4 is 35.2 Å². The van der Waals surface area contributed by atoms with E-state index in [1.807, 2.05) is 0 Å². The summed E-state index contributed by atoms with van der Waals surface area (Å²) in [5, 5.41) is 30.7. The number of rotatable bonds is 7. The van der Waals surface area contributed by atoms with Gasteiger partial charge in [-0.05, 0) is 55.4 Å². The zero-order valence-corrected chi connectivity index (χ0v) is 23.6. The monoisotopic (exact) mass is 573 g/mol. The number of carboxylic acids is 1. The highest BCUT2D eigenvalue weighted by atomic mass is 16.5. The first-order chi connectivity index (χ1) is 19.2. The van der Waals surface area contributed by atoms with Crippen LogP contribution in [0, 0.1) is 28.6 Å². The Labute approximate surface area is 238 Å². The molecule has 224 valence electrons. The van der Waals surface area contributed by atoms with Gasteiger partial charge < -0.3 is 25.0 Å². The van der Waals surface area contributed by atoms with Crippen molar-refractivity contribution in [2.24, 2.45) is 28.6 Å². The molecule has 4 aliphatic carbocycles. The Morgan fingerprint density at radius 2 is 1.80 bits per heavy atom. The Bertz CT molecular complexity index is 1230.